The van der Waals surface area contributed by atoms with Crippen molar-refractivity contribution < 1.29 is 4.79 Å². The molecule has 1 N–H and O–H groups in total. The summed E-state index contributed by atoms with van der Waals surface area (Å²) in [6, 6.07) is 16.4. The van der Waals surface area contributed by atoms with Crippen molar-refractivity contribution in [1.82, 2.24) is 14.9 Å². The summed E-state index contributed by atoms with van der Waals surface area (Å²) in [6.07, 6.45) is 2.44. The standard InChI is InChI=1S/C21H23N3O/c1-15-6-8-16(9-7-15)14-20(25)24-12-10-17(11-13-24)21-22-18-4-2-3-5-19(18)23-21/h2-9,17H,10-14H2,1H3,(H,22,23). The minimum absolute atomic E-state index is 0.229. The number of para-hydroxylation sites is 2. The molecule has 0 radical (unpaired) electrons. The van der Waals surface area contributed by atoms with Gasteiger partial charge in [-0.15, -0.1) is 0 Å². The van der Waals surface area contributed by atoms with Crippen LogP contribution in [0.2, 0.25) is 0 Å². The molecule has 0 atom stereocenters. The third kappa shape index (κ3) is 3.43. The van der Waals surface area contributed by atoms with Crippen LogP contribution in [0.3, 0.4) is 0 Å². The third-order valence-electron chi connectivity index (χ3n) is 5.12. The molecular formula is C21H23N3O. The van der Waals surface area contributed by atoms with Gasteiger partial charge in [0.1, 0.15) is 5.82 Å². The fraction of sp³-hybridized carbons (Fsp3) is 0.333. The molecule has 4 rings (SSSR count). The minimum atomic E-state index is 0.229. The zero-order valence-electron chi connectivity index (χ0n) is 14.5. The Morgan fingerprint density at radius 1 is 1.12 bits per heavy atom. The van der Waals surface area contributed by atoms with Gasteiger partial charge in [-0.1, -0.05) is 42.0 Å². The van der Waals surface area contributed by atoms with Gasteiger partial charge in [0.2, 0.25) is 5.91 Å². The van der Waals surface area contributed by atoms with E-state index in [0.717, 1.165) is 48.4 Å². The Labute approximate surface area is 147 Å². The molecule has 2 aromatic carbocycles. The second kappa shape index (κ2) is 6.71. The van der Waals surface area contributed by atoms with E-state index in [1.54, 1.807) is 0 Å². The maximum atomic E-state index is 12.5. The number of aryl methyl sites for hydroxylation is 1. The van der Waals surface area contributed by atoms with Crippen LogP contribution in [-0.2, 0) is 11.2 Å². The summed E-state index contributed by atoms with van der Waals surface area (Å²) in [7, 11) is 0. The number of aromatic amines is 1. The molecule has 3 aromatic rings. The van der Waals surface area contributed by atoms with Crippen LogP contribution in [0.15, 0.2) is 48.5 Å². The van der Waals surface area contributed by atoms with E-state index in [1.165, 1.54) is 5.56 Å². The van der Waals surface area contributed by atoms with Crippen LogP contribution < -0.4 is 0 Å². The number of H-pyrrole nitrogens is 1. The van der Waals surface area contributed by atoms with Crippen molar-refractivity contribution in [3.05, 3.63) is 65.5 Å². The average molecular weight is 333 g/mol. The van der Waals surface area contributed by atoms with E-state index in [2.05, 4.69) is 30.1 Å². The predicted octanol–water partition coefficient (Wildman–Crippen LogP) is 3.82. The highest BCUT2D eigenvalue weighted by atomic mass is 16.2. The summed E-state index contributed by atoms with van der Waals surface area (Å²) in [5.74, 6) is 1.70. The van der Waals surface area contributed by atoms with Crippen molar-refractivity contribution in [2.75, 3.05) is 13.1 Å². The smallest absolute Gasteiger partial charge is 0.226 e. The van der Waals surface area contributed by atoms with Gasteiger partial charge in [-0.05, 0) is 37.5 Å². The number of benzene rings is 2. The van der Waals surface area contributed by atoms with Crippen LogP contribution in [0, 0.1) is 6.92 Å². The molecule has 0 unspecified atom stereocenters. The quantitative estimate of drug-likeness (QED) is 0.792. The molecule has 1 aliphatic rings. The van der Waals surface area contributed by atoms with Gasteiger partial charge in [-0.25, -0.2) is 4.98 Å². The molecule has 128 valence electrons. The number of nitrogens with zero attached hydrogens (tertiary/aromatic N) is 2. The maximum absolute atomic E-state index is 12.5. The Hall–Kier alpha value is -2.62. The zero-order chi connectivity index (χ0) is 17.2. The molecular weight excluding hydrogens is 310 g/mol. The molecule has 1 aliphatic heterocycles. The number of likely N-dealkylation sites (tertiary alicyclic amines) is 1. The van der Waals surface area contributed by atoms with Crippen LogP contribution >= 0.6 is 0 Å². The second-order valence-electron chi connectivity index (χ2n) is 6.96. The van der Waals surface area contributed by atoms with Gasteiger partial charge in [0.15, 0.2) is 0 Å². The number of carbonyl (C=O) groups is 1. The number of hydrogen-bond donors (Lipinski definition) is 1. The predicted molar refractivity (Wildman–Crippen MR) is 99.5 cm³/mol. The van der Waals surface area contributed by atoms with Gasteiger partial charge in [0, 0.05) is 19.0 Å². The number of aromatic nitrogens is 2. The van der Waals surface area contributed by atoms with Gasteiger partial charge in [-0.2, -0.15) is 0 Å². The summed E-state index contributed by atoms with van der Waals surface area (Å²) in [5, 5.41) is 0. The fourth-order valence-corrected chi connectivity index (χ4v) is 3.56. The largest absolute Gasteiger partial charge is 0.342 e. The Kier molecular flexibility index (Phi) is 4.26. The number of amides is 1. The van der Waals surface area contributed by atoms with E-state index in [1.807, 2.05) is 35.2 Å². The molecule has 0 aliphatic carbocycles. The van der Waals surface area contributed by atoms with E-state index in [-0.39, 0.29) is 5.91 Å². The highest BCUT2D eigenvalue weighted by Crippen LogP contribution is 2.28. The molecule has 4 heteroatoms. The lowest BCUT2D eigenvalue weighted by Crippen LogP contribution is -2.39. The topological polar surface area (TPSA) is 49.0 Å². The highest BCUT2D eigenvalue weighted by Gasteiger charge is 2.25. The van der Waals surface area contributed by atoms with Crippen molar-refractivity contribution >= 4 is 16.9 Å². The summed E-state index contributed by atoms with van der Waals surface area (Å²) in [5.41, 5.74) is 4.43. The lowest BCUT2D eigenvalue weighted by Gasteiger charge is -2.31. The summed E-state index contributed by atoms with van der Waals surface area (Å²) in [6.45, 7) is 3.69. The number of carbonyl (C=O) groups excluding carboxylic acids is 1. The molecule has 1 fully saturated rings. The first-order valence-corrected chi connectivity index (χ1v) is 8.97. The van der Waals surface area contributed by atoms with Gasteiger partial charge in [0.05, 0.1) is 17.5 Å². The number of rotatable bonds is 3. The van der Waals surface area contributed by atoms with Crippen molar-refractivity contribution in [3.63, 3.8) is 0 Å². The summed E-state index contributed by atoms with van der Waals surface area (Å²) in [4.78, 5) is 22.7. The molecule has 1 saturated heterocycles. The monoisotopic (exact) mass is 333 g/mol. The van der Waals surface area contributed by atoms with Gasteiger partial charge >= 0.3 is 0 Å². The molecule has 1 amide bonds. The first-order valence-electron chi connectivity index (χ1n) is 8.97. The fourth-order valence-electron chi connectivity index (χ4n) is 3.56. The van der Waals surface area contributed by atoms with Gasteiger partial charge in [0.25, 0.3) is 0 Å². The van der Waals surface area contributed by atoms with E-state index < -0.39 is 0 Å². The SMILES string of the molecule is Cc1ccc(CC(=O)N2CCC(c3nc4ccccc4[nH]3)CC2)cc1. The van der Waals surface area contributed by atoms with Gasteiger partial charge < -0.3 is 9.88 Å². The molecule has 1 aromatic heterocycles. The van der Waals surface area contributed by atoms with Crippen molar-refractivity contribution in [2.24, 2.45) is 0 Å². The van der Waals surface area contributed by atoms with Gasteiger partial charge in [-0.3, -0.25) is 4.79 Å². The number of imidazole rings is 1. The Morgan fingerprint density at radius 2 is 1.84 bits per heavy atom. The highest BCUT2D eigenvalue weighted by molar-refractivity contribution is 5.79. The maximum Gasteiger partial charge on any atom is 0.226 e. The van der Waals surface area contributed by atoms with Crippen LogP contribution in [0.4, 0.5) is 0 Å². The van der Waals surface area contributed by atoms with Crippen molar-refractivity contribution in [3.8, 4) is 0 Å². The van der Waals surface area contributed by atoms with Crippen molar-refractivity contribution in [1.29, 1.82) is 0 Å². The molecule has 4 nitrogen and oxygen atoms in total. The zero-order valence-corrected chi connectivity index (χ0v) is 14.5. The molecule has 25 heavy (non-hydrogen) atoms. The number of piperidine rings is 1. The van der Waals surface area contributed by atoms with Crippen molar-refractivity contribution in [2.45, 2.75) is 32.1 Å². The first kappa shape index (κ1) is 15.9. The third-order valence-corrected chi connectivity index (χ3v) is 5.12. The van der Waals surface area contributed by atoms with Crippen LogP contribution in [0.5, 0.6) is 0 Å². The van der Waals surface area contributed by atoms with E-state index in [9.17, 15) is 4.79 Å². The van der Waals surface area contributed by atoms with E-state index in [4.69, 9.17) is 4.98 Å². The van der Waals surface area contributed by atoms with Crippen LogP contribution in [-0.4, -0.2) is 33.9 Å². The minimum Gasteiger partial charge on any atom is -0.342 e. The number of fused-ring (bicyclic) bond motifs is 1. The average Bonchev–Trinajstić information content (AvgIpc) is 3.08. The Bertz CT molecular complexity index is 841. The molecule has 2 heterocycles. The first-order chi connectivity index (χ1) is 12.2. The normalized spacial score (nSPS) is 15.6. The summed E-state index contributed by atoms with van der Waals surface area (Å²) < 4.78 is 0. The van der Waals surface area contributed by atoms with Crippen LogP contribution in [0.25, 0.3) is 11.0 Å². The second-order valence-corrected chi connectivity index (χ2v) is 6.96. The number of hydrogen-bond acceptors (Lipinski definition) is 2. The van der Waals surface area contributed by atoms with Crippen LogP contribution in [0.1, 0.15) is 35.7 Å². The lowest BCUT2D eigenvalue weighted by atomic mass is 9.95. The van der Waals surface area contributed by atoms with E-state index in [0.29, 0.717) is 12.3 Å². The Morgan fingerprint density at radius 3 is 2.56 bits per heavy atom. The molecule has 0 bridgehead atoms. The van der Waals surface area contributed by atoms with E-state index >= 15 is 0 Å². The summed E-state index contributed by atoms with van der Waals surface area (Å²) >= 11 is 0. The molecule has 0 spiro atoms. The number of nitrogens with one attached hydrogen (secondary N) is 1. The Balaban J connectivity index is 1.37. The molecule has 0 saturated carbocycles. The lowest BCUT2D eigenvalue weighted by molar-refractivity contribution is -0.131.